The van der Waals surface area contributed by atoms with Gasteiger partial charge >= 0.3 is 5.69 Å². The summed E-state index contributed by atoms with van der Waals surface area (Å²) in [6, 6.07) is 10.2. The van der Waals surface area contributed by atoms with Crippen molar-refractivity contribution in [1.82, 2.24) is 19.7 Å². The average Bonchev–Trinajstić information content (AvgIpc) is 2.71. The van der Waals surface area contributed by atoms with E-state index in [9.17, 15) is 4.79 Å². The Balaban J connectivity index is 2.22. The van der Waals surface area contributed by atoms with Crippen LogP contribution in [-0.2, 0) is 13.6 Å². The number of nitrogens with zero attached hydrogens (tertiary/aromatic N) is 3. The van der Waals surface area contributed by atoms with Gasteiger partial charge in [0, 0.05) is 7.05 Å². The average molecular weight is 246 g/mol. The van der Waals surface area contributed by atoms with Gasteiger partial charge < -0.3 is 5.32 Å². The number of likely N-dealkylation sites (N-methyl/N-ethyl adjacent to an activating group) is 1. The normalized spacial score (nSPS) is 12.6. The van der Waals surface area contributed by atoms with Crippen LogP contribution in [0.15, 0.2) is 41.5 Å². The van der Waals surface area contributed by atoms with Gasteiger partial charge in [0.15, 0.2) is 0 Å². The molecule has 96 valence electrons. The number of aryl methyl sites for hydroxylation is 1. The van der Waals surface area contributed by atoms with Crippen LogP contribution in [0.25, 0.3) is 0 Å². The Bertz CT molecular complexity index is 544. The number of aromatic nitrogens is 3. The van der Waals surface area contributed by atoms with Crippen molar-refractivity contribution in [2.75, 3.05) is 6.54 Å². The maximum atomic E-state index is 11.8. The summed E-state index contributed by atoms with van der Waals surface area (Å²) in [5, 5.41) is 7.46. The third-order valence-electron chi connectivity index (χ3n) is 2.89. The fraction of sp³-hybridized carbons (Fsp3) is 0.385. The van der Waals surface area contributed by atoms with Gasteiger partial charge in [-0.05, 0) is 12.1 Å². The highest BCUT2D eigenvalue weighted by Crippen LogP contribution is 2.13. The van der Waals surface area contributed by atoms with E-state index in [0.717, 1.165) is 12.1 Å². The summed E-state index contributed by atoms with van der Waals surface area (Å²) in [6.07, 6.45) is 1.54. The summed E-state index contributed by atoms with van der Waals surface area (Å²) < 4.78 is 2.97. The molecule has 2 rings (SSSR count). The number of rotatable bonds is 5. The van der Waals surface area contributed by atoms with Crippen molar-refractivity contribution in [3.05, 3.63) is 52.7 Å². The summed E-state index contributed by atoms with van der Waals surface area (Å²) in [5.74, 6) is 0. The molecule has 1 atom stereocenters. The van der Waals surface area contributed by atoms with Crippen molar-refractivity contribution < 1.29 is 0 Å². The lowest BCUT2D eigenvalue weighted by Crippen LogP contribution is -2.31. The van der Waals surface area contributed by atoms with Gasteiger partial charge in [0.05, 0.1) is 12.6 Å². The molecule has 0 saturated carbocycles. The Kier molecular flexibility index (Phi) is 3.94. The van der Waals surface area contributed by atoms with E-state index in [0.29, 0.717) is 6.54 Å². The van der Waals surface area contributed by atoms with Gasteiger partial charge in [-0.3, -0.25) is 4.57 Å². The van der Waals surface area contributed by atoms with Crippen molar-refractivity contribution in [3.63, 3.8) is 0 Å². The molecule has 0 amide bonds. The van der Waals surface area contributed by atoms with Gasteiger partial charge in [0.1, 0.15) is 6.33 Å². The summed E-state index contributed by atoms with van der Waals surface area (Å²) in [7, 11) is 1.70. The molecular formula is C13H18N4O. The minimum Gasteiger partial charge on any atom is -0.309 e. The summed E-state index contributed by atoms with van der Waals surface area (Å²) >= 11 is 0. The predicted octanol–water partition coefficient (Wildman–Crippen LogP) is 0.933. The largest absolute Gasteiger partial charge is 0.345 e. The Hall–Kier alpha value is -1.88. The van der Waals surface area contributed by atoms with Crippen molar-refractivity contribution >= 4 is 0 Å². The smallest absolute Gasteiger partial charge is 0.309 e. The molecule has 0 saturated heterocycles. The molecule has 0 spiro atoms. The first kappa shape index (κ1) is 12.6. The highest BCUT2D eigenvalue weighted by molar-refractivity contribution is 5.18. The summed E-state index contributed by atoms with van der Waals surface area (Å²) in [6.45, 7) is 3.44. The van der Waals surface area contributed by atoms with Crippen LogP contribution < -0.4 is 11.0 Å². The Morgan fingerprint density at radius 2 is 2.06 bits per heavy atom. The molecule has 18 heavy (non-hydrogen) atoms. The van der Waals surface area contributed by atoms with Crippen LogP contribution in [0.5, 0.6) is 0 Å². The van der Waals surface area contributed by atoms with Crippen molar-refractivity contribution in [2.45, 2.75) is 19.5 Å². The minimum absolute atomic E-state index is 0.0890. The predicted molar refractivity (Wildman–Crippen MR) is 70.3 cm³/mol. The van der Waals surface area contributed by atoms with Crippen LogP contribution in [-0.4, -0.2) is 20.9 Å². The van der Waals surface area contributed by atoms with Crippen LogP contribution in [0.1, 0.15) is 18.5 Å². The first-order valence-corrected chi connectivity index (χ1v) is 6.09. The molecule has 1 N–H and O–H groups in total. The van der Waals surface area contributed by atoms with Crippen molar-refractivity contribution in [3.8, 4) is 0 Å². The molecule has 0 radical (unpaired) electrons. The molecule has 2 aromatic rings. The molecule has 1 unspecified atom stereocenters. The van der Waals surface area contributed by atoms with Crippen molar-refractivity contribution in [1.29, 1.82) is 0 Å². The standard InChI is InChI=1S/C13H18N4O/c1-3-14-12(11-7-5-4-6-8-11)9-17-13(18)16(2)10-15-17/h4-8,10,12,14H,3,9H2,1-2H3. The topological polar surface area (TPSA) is 51.9 Å². The zero-order valence-corrected chi connectivity index (χ0v) is 10.7. The molecule has 5 nitrogen and oxygen atoms in total. The van der Waals surface area contributed by atoms with E-state index in [1.165, 1.54) is 15.6 Å². The third-order valence-corrected chi connectivity index (χ3v) is 2.89. The van der Waals surface area contributed by atoms with E-state index in [1.54, 1.807) is 7.05 Å². The third kappa shape index (κ3) is 2.68. The van der Waals surface area contributed by atoms with E-state index >= 15 is 0 Å². The summed E-state index contributed by atoms with van der Waals surface area (Å²) in [4.78, 5) is 11.8. The van der Waals surface area contributed by atoms with Crippen LogP contribution in [0.2, 0.25) is 0 Å². The second kappa shape index (κ2) is 5.64. The molecule has 0 aliphatic heterocycles. The Morgan fingerprint density at radius 3 is 2.61 bits per heavy atom. The molecule has 0 fully saturated rings. The highest BCUT2D eigenvalue weighted by Gasteiger charge is 2.13. The first-order chi connectivity index (χ1) is 8.72. The van der Waals surface area contributed by atoms with Gasteiger partial charge in [0.25, 0.3) is 0 Å². The van der Waals surface area contributed by atoms with Gasteiger partial charge in [-0.25, -0.2) is 9.48 Å². The zero-order valence-electron chi connectivity index (χ0n) is 10.7. The van der Waals surface area contributed by atoms with Gasteiger partial charge in [-0.1, -0.05) is 37.3 Å². The minimum atomic E-state index is -0.0890. The van der Waals surface area contributed by atoms with Gasteiger partial charge in [0.2, 0.25) is 0 Å². The second-order valence-corrected chi connectivity index (χ2v) is 4.23. The van der Waals surface area contributed by atoms with Gasteiger partial charge in [-0.15, -0.1) is 0 Å². The maximum Gasteiger partial charge on any atom is 0.345 e. The summed E-state index contributed by atoms with van der Waals surface area (Å²) in [5.41, 5.74) is 1.07. The van der Waals surface area contributed by atoms with Crippen LogP contribution in [0, 0.1) is 0 Å². The molecule has 1 aromatic carbocycles. The monoisotopic (exact) mass is 246 g/mol. The quantitative estimate of drug-likeness (QED) is 0.854. The number of nitrogens with one attached hydrogen (secondary N) is 1. The van der Waals surface area contributed by atoms with E-state index in [1.807, 2.05) is 18.2 Å². The number of hydrogen-bond donors (Lipinski definition) is 1. The molecule has 1 aromatic heterocycles. The number of hydrogen-bond acceptors (Lipinski definition) is 3. The lowest BCUT2D eigenvalue weighted by molar-refractivity contribution is 0.437. The Labute approximate surface area is 106 Å². The van der Waals surface area contributed by atoms with Crippen LogP contribution in [0.4, 0.5) is 0 Å². The molecule has 1 heterocycles. The first-order valence-electron chi connectivity index (χ1n) is 6.09. The molecule has 0 aliphatic carbocycles. The van der Waals surface area contributed by atoms with E-state index in [4.69, 9.17) is 0 Å². The highest BCUT2D eigenvalue weighted by atomic mass is 16.2. The zero-order chi connectivity index (χ0) is 13.0. The van der Waals surface area contributed by atoms with Gasteiger partial charge in [-0.2, -0.15) is 5.10 Å². The van der Waals surface area contributed by atoms with E-state index in [2.05, 4.69) is 29.5 Å². The second-order valence-electron chi connectivity index (χ2n) is 4.23. The number of benzene rings is 1. The van der Waals surface area contributed by atoms with E-state index < -0.39 is 0 Å². The molecule has 0 bridgehead atoms. The fourth-order valence-corrected chi connectivity index (χ4v) is 1.94. The SMILES string of the molecule is CCNC(Cn1ncn(C)c1=O)c1ccccc1. The molecule has 5 heteroatoms. The van der Waals surface area contributed by atoms with E-state index in [-0.39, 0.29) is 11.7 Å². The lowest BCUT2D eigenvalue weighted by atomic mass is 10.1. The van der Waals surface area contributed by atoms with Crippen LogP contribution >= 0.6 is 0 Å². The molecule has 0 aliphatic rings. The fourth-order valence-electron chi connectivity index (χ4n) is 1.94. The van der Waals surface area contributed by atoms with Crippen molar-refractivity contribution in [2.24, 2.45) is 7.05 Å². The maximum absolute atomic E-state index is 11.8. The lowest BCUT2D eigenvalue weighted by Gasteiger charge is -2.17. The molecular weight excluding hydrogens is 228 g/mol. The Morgan fingerprint density at radius 1 is 1.33 bits per heavy atom. The van der Waals surface area contributed by atoms with Crippen LogP contribution in [0.3, 0.4) is 0 Å².